The van der Waals surface area contributed by atoms with Crippen LogP contribution in [0.5, 0.6) is 11.5 Å². The fourth-order valence-electron chi connectivity index (χ4n) is 3.75. The number of methoxy groups -OCH3 is 2. The Bertz CT molecular complexity index is 1080. The monoisotopic (exact) mass is 455 g/mol. The number of anilines is 2. The normalized spacial score (nSPS) is 13.1. The number of aromatic nitrogens is 3. The summed E-state index contributed by atoms with van der Waals surface area (Å²) in [5, 5.41) is 8.11. The van der Waals surface area contributed by atoms with Gasteiger partial charge >= 0.3 is 6.03 Å². The van der Waals surface area contributed by atoms with Crippen LogP contribution < -0.4 is 19.7 Å². The number of rotatable bonds is 6. The third-order valence-corrected chi connectivity index (χ3v) is 5.59. The van der Waals surface area contributed by atoms with Crippen molar-refractivity contribution in [3.05, 3.63) is 59.1 Å². The fourth-order valence-corrected chi connectivity index (χ4v) is 3.94. The zero-order valence-electron chi connectivity index (χ0n) is 18.2. The largest absolute Gasteiger partial charge is 0.497 e. The Balaban J connectivity index is 1.69. The van der Waals surface area contributed by atoms with Crippen LogP contribution in [-0.2, 0) is 19.5 Å². The average molecular weight is 456 g/mol. The first-order valence-corrected chi connectivity index (χ1v) is 10.9. The Kier molecular flexibility index (Phi) is 6.80. The third-order valence-electron chi connectivity index (χ3n) is 5.36. The number of hydrogen-bond donors (Lipinski definition) is 1. The Hall–Kier alpha value is -3.26. The van der Waals surface area contributed by atoms with Gasteiger partial charge in [-0.3, -0.25) is 4.90 Å². The molecule has 9 heteroatoms. The number of hydrogen-bond acceptors (Lipinski definition) is 5. The maximum absolute atomic E-state index is 13.4. The highest BCUT2D eigenvalue weighted by atomic mass is 35.5. The number of carbonyl (C=O) groups excluding carboxylic acids is 1. The fraction of sp³-hybridized carbons (Fsp3) is 0.348. The van der Waals surface area contributed by atoms with Crippen molar-refractivity contribution < 1.29 is 14.3 Å². The molecular formula is C23H26ClN5O3. The first-order chi connectivity index (χ1) is 15.6. The van der Waals surface area contributed by atoms with Gasteiger partial charge in [-0.2, -0.15) is 5.10 Å². The quantitative estimate of drug-likeness (QED) is 0.570. The van der Waals surface area contributed by atoms with E-state index in [1.54, 1.807) is 61.6 Å². The van der Waals surface area contributed by atoms with E-state index in [1.165, 1.54) is 6.42 Å². The molecule has 1 aliphatic heterocycles. The predicted octanol–water partition coefficient (Wildman–Crippen LogP) is 4.91. The van der Waals surface area contributed by atoms with E-state index >= 15 is 0 Å². The smallest absolute Gasteiger partial charge is 0.326 e. The van der Waals surface area contributed by atoms with E-state index in [2.05, 4.69) is 10.4 Å². The van der Waals surface area contributed by atoms with E-state index in [-0.39, 0.29) is 12.6 Å². The SMILES string of the molecule is COc1ccc(OC)c(N(Cc2nc3n(n2)CCCCC3)C(=O)Nc2cccc(Cl)c2)c1. The molecule has 0 atom stereocenters. The highest BCUT2D eigenvalue weighted by Crippen LogP contribution is 2.34. The maximum atomic E-state index is 13.4. The summed E-state index contributed by atoms with van der Waals surface area (Å²) in [7, 11) is 3.14. The van der Waals surface area contributed by atoms with Gasteiger partial charge in [0.25, 0.3) is 0 Å². The van der Waals surface area contributed by atoms with Gasteiger partial charge in [-0.05, 0) is 43.2 Å². The first kappa shape index (κ1) is 22.0. The van der Waals surface area contributed by atoms with E-state index < -0.39 is 0 Å². The van der Waals surface area contributed by atoms with Crippen LogP contribution in [0, 0.1) is 0 Å². The summed E-state index contributed by atoms with van der Waals surface area (Å²) in [4.78, 5) is 19.7. The van der Waals surface area contributed by atoms with Gasteiger partial charge in [0.1, 0.15) is 17.3 Å². The van der Waals surface area contributed by atoms with E-state index in [0.29, 0.717) is 33.7 Å². The molecule has 2 aromatic carbocycles. The zero-order chi connectivity index (χ0) is 22.5. The van der Waals surface area contributed by atoms with Gasteiger partial charge < -0.3 is 14.8 Å². The predicted molar refractivity (Wildman–Crippen MR) is 124 cm³/mol. The number of nitrogens with one attached hydrogen (secondary N) is 1. The second kappa shape index (κ2) is 9.91. The van der Waals surface area contributed by atoms with Crippen molar-refractivity contribution in [2.45, 2.75) is 38.8 Å². The molecule has 0 spiro atoms. The second-order valence-corrected chi connectivity index (χ2v) is 7.98. The molecule has 8 nitrogen and oxygen atoms in total. The molecule has 0 saturated heterocycles. The molecule has 4 rings (SSSR count). The van der Waals surface area contributed by atoms with E-state index in [0.717, 1.165) is 31.6 Å². The molecule has 0 fully saturated rings. The van der Waals surface area contributed by atoms with E-state index in [1.807, 2.05) is 4.68 Å². The van der Waals surface area contributed by atoms with Crippen LogP contribution in [-0.4, -0.2) is 35.0 Å². The molecule has 3 aromatic rings. The third kappa shape index (κ3) is 4.96. The van der Waals surface area contributed by atoms with Crippen molar-refractivity contribution in [2.24, 2.45) is 0 Å². The lowest BCUT2D eigenvalue weighted by Gasteiger charge is -2.24. The van der Waals surface area contributed by atoms with Gasteiger partial charge in [0.15, 0.2) is 5.82 Å². The van der Waals surface area contributed by atoms with Crippen LogP contribution in [0.3, 0.4) is 0 Å². The minimum atomic E-state index is -0.358. The molecule has 0 saturated carbocycles. The lowest BCUT2D eigenvalue weighted by molar-refractivity contribution is 0.256. The summed E-state index contributed by atoms with van der Waals surface area (Å²) in [6, 6.07) is 12.0. The summed E-state index contributed by atoms with van der Waals surface area (Å²) < 4.78 is 12.9. The number of urea groups is 1. The molecule has 1 aliphatic rings. The second-order valence-electron chi connectivity index (χ2n) is 7.54. The molecule has 0 aliphatic carbocycles. The Morgan fingerprint density at radius 2 is 2.03 bits per heavy atom. The molecule has 0 unspecified atom stereocenters. The lowest BCUT2D eigenvalue weighted by atomic mass is 10.2. The molecule has 1 aromatic heterocycles. The van der Waals surface area contributed by atoms with Gasteiger partial charge in [0.05, 0.1) is 26.5 Å². The summed E-state index contributed by atoms with van der Waals surface area (Å²) in [6.07, 6.45) is 4.25. The minimum absolute atomic E-state index is 0.177. The number of nitrogens with zero attached hydrogens (tertiary/aromatic N) is 4. The maximum Gasteiger partial charge on any atom is 0.326 e. The summed E-state index contributed by atoms with van der Waals surface area (Å²) in [5.74, 6) is 2.68. The Labute approximate surface area is 192 Å². The highest BCUT2D eigenvalue weighted by molar-refractivity contribution is 6.30. The van der Waals surface area contributed by atoms with E-state index in [9.17, 15) is 4.79 Å². The molecule has 0 radical (unpaired) electrons. The van der Waals surface area contributed by atoms with Crippen molar-refractivity contribution in [1.82, 2.24) is 14.8 Å². The molecule has 1 N–H and O–H groups in total. The Morgan fingerprint density at radius 1 is 1.16 bits per heavy atom. The van der Waals surface area contributed by atoms with Crippen molar-refractivity contribution >= 4 is 29.0 Å². The minimum Gasteiger partial charge on any atom is -0.497 e. The number of fused-ring (bicyclic) bond motifs is 1. The first-order valence-electron chi connectivity index (χ1n) is 10.6. The van der Waals surface area contributed by atoms with Crippen LogP contribution in [0.4, 0.5) is 16.2 Å². The van der Waals surface area contributed by atoms with Crippen LogP contribution in [0.1, 0.15) is 30.9 Å². The molecule has 0 bridgehead atoms. The van der Waals surface area contributed by atoms with Gasteiger partial charge in [-0.1, -0.05) is 24.1 Å². The number of ether oxygens (including phenoxy) is 2. The zero-order valence-corrected chi connectivity index (χ0v) is 18.9. The summed E-state index contributed by atoms with van der Waals surface area (Å²) in [6.45, 7) is 1.02. The molecular weight excluding hydrogens is 430 g/mol. The van der Waals surface area contributed by atoms with Crippen molar-refractivity contribution in [3.63, 3.8) is 0 Å². The van der Waals surface area contributed by atoms with Crippen LogP contribution in [0.15, 0.2) is 42.5 Å². The standard InChI is InChI=1S/C23H26ClN5O3/c1-31-18-10-11-20(32-2)19(14-18)28(23(30)25-17-8-6-7-16(24)13-17)15-21-26-22-9-4-3-5-12-29(22)27-21/h6-8,10-11,13-14H,3-5,9,12,15H2,1-2H3,(H,25,30). The lowest BCUT2D eigenvalue weighted by Crippen LogP contribution is -2.35. The summed E-state index contributed by atoms with van der Waals surface area (Å²) in [5.41, 5.74) is 1.14. The number of benzene rings is 2. The van der Waals surface area contributed by atoms with Gasteiger partial charge in [0.2, 0.25) is 0 Å². The molecule has 2 amide bonds. The van der Waals surface area contributed by atoms with Gasteiger partial charge in [-0.25, -0.2) is 14.5 Å². The number of amides is 2. The van der Waals surface area contributed by atoms with Crippen LogP contribution in [0.25, 0.3) is 0 Å². The Morgan fingerprint density at radius 3 is 2.81 bits per heavy atom. The van der Waals surface area contributed by atoms with Gasteiger partial charge in [-0.15, -0.1) is 0 Å². The number of halogens is 1. The highest BCUT2D eigenvalue weighted by Gasteiger charge is 2.24. The van der Waals surface area contributed by atoms with Crippen molar-refractivity contribution in [1.29, 1.82) is 0 Å². The number of aryl methyl sites for hydroxylation is 2. The summed E-state index contributed by atoms with van der Waals surface area (Å²) >= 11 is 6.09. The van der Waals surface area contributed by atoms with Crippen LogP contribution in [0.2, 0.25) is 5.02 Å². The van der Waals surface area contributed by atoms with Crippen LogP contribution >= 0.6 is 11.6 Å². The van der Waals surface area contributed by atoms with Crippen molar-refractivity contribution in [3.8, 4) is 11.5 Å². The number of carbonyl (C=O) groups is 1. The van der Waals surface area contributed by atoms with E-state index in [4.69, 9.17) is 26.1 Å². The molecule has 2 heterocycles. The molecule has 32 heavy (non-hydrogen) atoms. The molecule has 168 valence electrons. The van der Waals surface area contributed by atoms with Crippen molar-refractivity contribution in [2.75, 3.05) is 24.4 Å². The topological polar surface area (TPSA) is 81.5 Å². The van der Waals surface area contributed by atoms with Gasteiger partial charge in [0, 0.05) is 29.7 Å². The average Bonchev–Trinajstić information content (AvgIpc) is 3.05.